The van der Waals surface area contributed by atoms with Crippen LogP contribution in [0.5, 0.6) is 5.75 Å². The maximum atomic E-state index is 13.5. The largest absolute Gasteiger partial charge is 0.487 e. The lowest BCUT2D eigenvalue weighted by Gasteiger charge is -2.32. The molecule has 3 unspecified atom stereocenters. The number of ether oxygens (including phenoxy) is 1. The molecule has 4 heterocycles. The van der Waals surface area contributed by atoms with Crippen LogP contribution in [-0.2, 0) is 11.2 Å². The highest BCUT2D eigenvalue weighted by molar-refractivity contribution is 5.99. The second kappa shape index (κ2) is 9.97. The molecule has 2 aromatic rings. The first kappa shape index (κ1) is 25.5. The van der Waals surface area contributed by atoms with Gasteiger partial charge in [0.2, 0.25) is 5.91 Å². The molecule has 37 heavy (non-hydrogen) atoms. The molecule has 3 aliphatic rings. The summed E-state index contributed by atoms with van der Waals surface area (Å²) in [6.07, 6.45) is 3.53. The number of benzene rings is 1. The van der Waals surface area contributed by atoms with Crippen molar-refractivity contribution in [1.82, 2.24) is 20.9 Å². The van der Waals surface area contributed by atoms with Crippen LogP contribution in [0.3, 0.4) is 0 Å². The van der Waals surface area contributed by atoms with E-state index in [1.54, 1.807) is 0 Å². The standard InChI is InChI=1S/C29H39N5O3/c1-17-12-18(2)33-28(36)24(17)16-32-27(35)21-13-22(26-23(19(21)3)14-29(4,5)37-26)20-6-7-25(31-15-20)34-10-8-30-9-11-34/h6-7,13,15,17-18,24,30H,8-12,14,16H2,1-5H3,(H,32,35)(H,33,36). The molecule has 198 valence electrons. The Morgan fingerprint density at radius 1 is 1.24 bits per heavy atom. The van der Waals surface area contributed by atoms with Gasteiger partial charge in [-0.2, -0.15) is 0 Å². The third kappa shape index (κ3) is 5.17. The number of amides is 2. The summed E-state index contributed by atoms with van der Waals surface area (Å²) in [6, 6.07) is 6.22. The number of aromatic nitrogens is 1. The molecule has 1 aromatic heterocycles. The third-order valence-corrected chi connectivity index (χ3v) is 8.01. The van der Waals surface area contributed by atoms with E-state index in [2.05, 4.69) is 53.8 Å². The molecule has 8 heteroatoms. The Labute approximate surface area is 219 Å². The van der Waals surface area contributed by atoms with Gasteiger partial charge in [0.05, 0.1) is 5.92 Å². The molecule has 0 bridgehead atoms. The fraction of sp³-hybridized carbons (Fsp3) is 0.552. The Kier molecular flexibility index (Phi) is 6.88. The van der Waals surface area contributed by atoms with Gasteiger partial charge >= 0.3 is 0 Å². The normalized spacial score (nSPS) is 24.7. The summed E-state index contributed by atoms with van der Waals surface area (Å²) in [5, 5.41) is 9.45. The van der Waals surface area contributed by atoms with Gasteiger partial charge < -0.3 is 25.6 Å². The topological polar surface area (TPSA) is 95.6 Å². The van der Waals surface area contributed by atoms with E-state index < -0.39 is 0 Å². The lowest BCUT2D eigenvalue weighted by Crippen LogP contribution is -2.50. The lowest BCUT2D eigenvalue weighted by molar-refractivity contribution is -0.129. The number of carbonyl (C=O) groups excluding carboxylic acids is 2. The van der Waals surface area contributed by atoms with Crippen molar-refractivity contribution < 1.29 is 14.3 Å². The number of fused-ring (bicyclic) bond motifs is 1. The molecular weight excluding hydrogens is 466 g/mol. The number of piperidine rings is 1. The van der Waals surface area contributed by atoms with Crippen molar-refractivity contribution in [2.75, 3.05) is 37.6 Å². The van der Waals surface area contributed by atoms with Crippen molar-refractivity contribution in [2.24, 2.45) is 11.8 Å². The molecule has 3 atom stereocenters. The van der Waals surface area contributed by atoms with Gasteiger partial charge in [-0.1, -0.05) is 6.92 Å². The maximum absolute atomic E-state index is 13.5. The van der Waals surface area contributed by atoms with E-state index >= 15 is 0 Å². The molecule has 0 spiro atoms. The molecule has 1 aromatic carbocycles. The lowest BCUT2D eigenvalue weighted by atomic mass is 9.84. The molecule has 0 aliphatic carbocycles. The van der Waals surface area contributed by atoms with Crippen molar-refractivity contribution >= 4 is 17.6 Å². The van der Waals surface area contributed by atoms with Crippen molar-refractivity contribution in [3.05, 3.63) is 41.1 Å². The van der Waals surface area contributed by atoms with Crippen LogP contribution < -0.4 is 25.6 Å². The molecular formula is C29H39N5O3. The zero-order valence-electron chi connectivity index (χ0n) is 22.6. The number of hydrogen-bond donors (Lipinski definition) is 3. The fourth-order valence-corrected chi connectivity index (χ4v) is 5.94. The summed E-state index contributed by atoms with van der Waals surface area (Å²) < 4.78 is 6.40. The van der Waals surface area contributed by atoms with Crippen LogP contribution in [0.1, 0.15) is 55.6 Å². The Bertz CT molecular complexity index is 1190. The Hall–Kier alpha value is -3.13. The van der Waals surface area contributed by atoms with Crippen molar-refractivity contribution in [1.29, 1.82) is 0 Å². The average molecular weight is 506 g/mol. The van der Waals surface area contributed by atoms with Gasteiger partial charge in [-0.05, 0) is 63.8 Å². The van der Waals surface area contributed by atoms with Crippen LogP contribution in [0.4, 0.5) is 5.82 Å². The van der Waals surface area contributed by atoms with Crippen LogP contribution in [-0.4, -0.2) is 61.2 Å². The molecule has 2 amide bonds. The first-order valence-electron chi connectivity index (χ1n) is 13.5. The van der Waals surface area contributed by atoms with Crippen LogP contribution in [0, 0.1) is 18.8 Å². The monoisotopic (exact) mass is 505 g/mol. The van der Waals surface area contributed by atoms with Crippen molar-refractivity contribution in [3.8, 4) is 16.9 Å². The van der Waals surface area contributed by atoms with Crippen LogP contribution in [0.2, 0.25) is 0 Å². The highest BCUT2D eigenvalue weighted by Gasteiger charge is 2.36. The zero-order chi connectivity index (χ0) is 26.3. The van der Waals surface area contributed by atoms with Gasteiger partial charge in [0.15, 0.2) is 0 Å². The van der Waals surface area contributed by atoms with Crippen molar-refractivity contribution in [3.63, 3.8) is 0 Å². The zero-order valence-corrected chi connectivity index (χ0v) is 22.6. The second-order valence-electron chi connectivity index (χ2n) is 11.5. The predicted octanol–water partition coefficient (Wildman–Crippen LogP) is 3.07. The average Bonchev–Trinajstić information content (AvgIpc) is 3.20. The van der Waals surface area contributed by atoms with Gasteiger partial charge in [-0.3, -0.25) is 9.59 Å². The van der Waals surface area contributed by atoms with E-state index in [9.17, 15) is 9.59 Å². The fourth-order valence-electron chi connectivity index (χ4n) is 5.94. The molecule has 5 rings (SSSR count). The van der Waals surface area contributed by atoms with E-state index in [0.717, 1.165) is 72.8 Å². The molecule has 0 radical (unpaired) electrons. The van der Waals surface area contributed by atoms with Gasteiger partial charge in [0.25, 0.3) is 5.91 Å². The Morgan fingerprint density at radius 2 is 2.00 bits per heavy atom. The highest BCUT2D eigenvalue weighted by Crippen LogP contribution is 2.45. The first-order valence-corrected chi connectivity index (χ1v) is 13.5. The molecule has 3 N–H and O–H groups in total. The summed E-state index contributed by atoms with van der Waals surface area (Å²) in [5.74, 6) is 1.65. The van der Waals surface area contributed by atoms with Crippen molar-refractivity contribution in [2.45, 2.75) is 59.1 Å². The summed E-state index contributed by atoms with van der Waals surface area (Å²) in [6.45, 7) is 14.4. The summed E-state index contributed by atoms with van der Waals surface area (Å²) >= 11 is 0. The highest BCUT2D eigenvalue weighted by atomic mass is 16.5. The number of piperazine rings is 1. The van der Waals surface area contributed by atoms with E-state index in [-0.39, 0.29) is 35.3 Å². The number of rotatable bonds is 5. The smallest absolute Gasteiger partial charge is 0.251 e. The number of nitrogens with zero attached hydrogens (tertiary/aromatic N) is 2. The van der Waals surface area contributed by atoms with E-state index in [1.807, 2.05) is 26.1 Å². The minimum atomic E-state index is -0.350. The number of carbonyl (C=O) groups is 2. The quantitative estimate of drug-likeness (QED) is 0.578. The maximum Gasteiger partial charge on any atom is 0.251 e. The van der Waals surface area contributed by atoms with Crippen LogP contribution in [0.15, 0.2) is 24.4 Å². The molecule has 2 saturated heterocycles. The number of nitrogens with one attached hydrogen (secondary N) is 3. The number of hydrogen-bond acceptors (Lipinski definition) is 6. The summed E-state index contributed by atoms with van der Waals surface area (Å²) in [5.41, 5.74) is 4.08. The predicted molar refractivity (Wildman–Crippen MR) is 145 cm³/mol. The molecule has 2 fully saturated rings. The molecule has 3 aliphatic heterocycles. The Morgan fingerprint density at radius 3 is 2.68 bits per heavy atom. The number of pyridine rings is 1. The van der Waals surface area contributed by atoms with Gasteiger partial charge in [0, 0.05) is 73.6 Å². The van der Waals surface area contributed by atoms with E-state index in [0.29, 0.717) is 12.1 Å². The first-order chi connectivity index (χ1) is 17.6. The minimum absolute atomic E-state index is 0.0173. The van der Waals surface area contributed by atoms with E-state index in [1.165, 1.54) is 0 Å². The summed E-state index contributed by atoms with van der Waals surface area (Å²) in [4.78, 5) is 33.1. The van der Waals surface area contributed by atoms with E-state index in [4.69, 9.17) is 9.72 Å². The van der Waals surface area contributed by atoms with Crippen LogP contribution >= 0.6 is 0 Å². The van der Waals surface area contributed by atoms with Gasteiger partial charge in [-0.15, -0.1) is 0 Å². The summed E-state index contributed by atoms with van der Waals surface area (Å²) in [7, 11) is 0. The SMILES string of the molecule is Cc1c(C(=O)NCC2C(=O)NC(C)CC2C)cc(-c2ccc(N3CCNCC3)nc2)c2c1CC(C)(C)O2. The van der Waals surface area contributed by atoms with Crippen LogP contribution in [0.25, 0.3) is 11.1 Å². The third-order valence-electron chi connectivity index (χ3n) is 8.01. The van der Waals surface area contributed by atoms with Gasteiger partial charge in [0.1, 0.15) is 17.2 Å². The van der Waals surface area contributed by atoms with Gasteiger partial charge in [-0.25, -0.2) is 4.98 Å². The Balaban J connectivity index is 1.43. The second-order valence-corrected chi connectivity index (χ2v) is 11.5. The molecule has 8 nitrogen and oxygen atoms in total. The number of anilines is 1. The molecule has 0 saturated carbocycles. The minimum Gasteiger partial charge on any atom is -0.487 e.